The summed E-state index contributed by atoms with van der Waals surface area (Å²) in [6.07, 6.45) is 6.70. The largest absolute Gasteiger partial charge is 0.346 e. The van der Waals surface area contributed by atoms with E-state index in [4.69, 9.17) is 0 Å². The number of unbranched alkanes of at least 4 members (excludes halogenated alkanes) is 1. The van der Waals surface area contributed by atoms with E-state index in [1.54, 1.807) is 11.9 Å². The first-order chi connectivity index (χ1) is 8.07. The van der Waals surface area contributed by atoms with Gasteiger partial charge in [-0.3, -0.25) is 4.79 Å². The van der Waals surface area contributed by atoms with Crippen LogP contribution in [0.5, 0.6) is 0 Å². The van der Waals surface area contributed by atoms with Gasteiger partial charge in [0.2, 0.25) is 5.91 Å². The van der Waals surface area contributed by atoms with Gasteiger partial charge in [0.25, 0.3) is 5.09 Å². The summed E-state index contributed by atoms with van der Waals surface area (Å²) in [5, 5.41) is 9.06. The number of carbonyl (C=O) groups is 1. The number of amides is 1. The molecule has 0 heterocycles. The minimum Gasteiger partial charge on any atom is -0.346 e. The number of nitrogens with zero attached hydrogens (tertiary/aromatic N) is 2. The number of allylic oxidation sites excluding steroid dienone is 2. The first-order valence-corrected chi connectivity index (χ1v) is 5.70. The summed E-state index contributed by atoms with van der Waals surface area (Å²) in [5.74, 6) is 0.0654. The van der Waals surface area contributed by atoms with Crippen LogP contribution in [0.3, 0.4) is 0 Å². The SMILES string of the molecule is C/C=C\CCCC(=O)N(C)CCCO[N+](=O)[O-]. The van der Waals surface area contributed by atoms with Crippen molar-refractivity contribution in [2.45, 2.75) is 32.6 Å². The van der Waals surface area contributed by atoms with Gasteiger partial charge in [-0.25, -0.2) is 0 Å². The van der Waals surface area contributed by atoms with E-state index in [1.165, 1.54) is 0 Å². The van der Waals surface area contributed by atoms with Crippen LogP contribution in [0.2, 0.25) is 0 Å². The van der Waals surface area contributed by atoms with Crippen molar-refractivity contribution in [3.8, 4) is 0 Å². The lowest BCUT2D eigenvalue weighted by Gasteiger charge is -2.16. The molecule has 1 amide bonds. The van der Waals surface area contributed by atoms with Crippen LogP contribution in [0.4, 0.5) is 0 Å². The molecule has 0 spiro atoms. The van der Waals surface area contributed by atoms with Gasteiger partial charge in [0.1, 0.15) is 0 Å². The van der Waals surface area contributed by atoms with Gasteiger partial charge in [-0.2, -0.15) is 0 Å². The second-order valence-electron chi connectivity index (χ2n) is 3.69. The van der Waals surface area contributed by atoms with E-state index >= 15 is 0 Å². The average molecular weight is 244 g/mol. The highest BCUT2D eigenvalue weighted by atomic mass is 16.9. The number of rotatable bonds is 9. The van der Waals surface area contributed by atoms with Crippen LogP contribution >= 0.6 is 0 Å². The monoisotopic (exact) mass is 244 g/mol. The van der Waals surface area contributed by atoms with Crippen molar-refractivity contribution in [2.24, 2.45) is 0 Å². The molecule has 17 heavy (non-hydrogen) atoms. The highest BCUT2D eigenvalue weighted by Crippen LogP contribution is 2.01. The molecule has 98 valence electrons. The lowest BCUT2D eigenvalue weighted by molar-refractivity contribution is -0.757. The van der Waals surface area contributed by atoms with Crippen molar-refractivity contribution in [3.05, 3.63) is 22.3 Å². The second-order valence-corrected chi connectivity index (χ2v) is 3.69. The maximum absolute atomic E-state index is 11.6. The molecule has 0 fully saturated rings. The van der Waals surface area contributed by atoms with Gasteiger partial charge in [0.15, 0.2) is 0 Å². The van der Waals surface area contributed by atoms with E-state index < -0.39 is 5.09 Å². The van der Waals surface area contributed by atoms with Gasteiger partial charge < -0.3 is 9.74 Å². The van der Waals surface area contributed by atoms with Gasteiger partial charge in [0, 0.05) is 20.0 Å². The predicted molar refractivity (Wildman–Crippen MR) is 63.9 cm³/mol. The van der Waals surface area contributed by atoms with Crippen LogP contribution in [-0.4, -0.2) is 36.1 Å². The minimum atomic E-state index is -0.821. The zero-order valence-electron chi connectivity index (χ0n) is 10.4. The fourth-order valence-electron chi connectivity index (χ4n) is 1.29. The molecule has 0 rings (SSSR count). The fraction of sp³-hybridized carbons (Fsp3) is 0.727. The molecule has 0 aliphatic rings. The highest BCUT2D eigenvalue weighted by molar-refractivity contribution is 5.75. The van der Waals surface area contributed by atoms with Gasteiger partial charge in [0.05, 0.1) is 6.61 Å². The van der Waals surface area contributed by atoms with E-state index in [2.05, 4.69) is 4.84 Å². The van der Waals surface area contributed by atoms with Crippen LogP contribution in [0, 0.1) is 10.1 Å². The number of carbonyl (C=O) groups excluding carboxylic acids is 1. The molecule has 0 aliphatic carbocycles. The summed E-state index contributed by atoms with van der Waals surface area (Å²) in [7, 11) is 1.70. The Labute approximate surface area is 101 Å². The molecule has 0 N–H and O–H groups in total. The summed E-state index contributed by atoms with van der Waals surface area (Å²) >= 11 is 0. The van der Waals surface area contributed by atoms with E-state index in [9.17, 15) is 14.9 Å². The van der Waals surface area contributed by atoms with E-state index in [0.29, 0.717) is 19.4 Å². The van der Waals surface area contributed by atoms with Crippen LogP contribution < -0.4 is 0 Å². The summed E-state index contributed by atoms with van der Waals surface area (Å²) in [6.45, 7) is 2.46. The summed E-state index contributed by atoms with van der Waals surface area (Å²) in [5.41, 5.74) is 0. The molecule has 0 atom stereocenters. The Balaban J connectivity index is 3.56. The van der Waals surface area contributed by atoms with Gasteiger partial charge >= 0.3 is 0 Å². The Morgan fingerprint density at radius 3 is 2.76 bits per heavy atom. The van der Waals surface area contributed by atoms with Crippen LogP contribution in [0.25, 0.3) is 0 Å². The predicted octanol–water partition coefficient (Wildman–Crippen LogP) is 1.79. The highest BCUT2D eigenvalue weighted by Gasteiger charge is 2.07. The smallest absolute Gasteiger partial charge is 0.294 e. The fourth-order valence-corrected chi connectivity index (χ4v) is 1.29. The molecule has 0 aromatic heterocycles. The van der Waals surface area contributed by atoms with Crippen LogP contribution in [-0.2, 0) is 9.63 Å². The molecule has 0 unspecified atom stereocenters. The maximum Gasteiger partial charge on any atom is 0.294 e. The Kier molecular flexibility index (Phi) is 8.72. The molecule has 0 radical (unpaired) electrons. The minimum absolute atomic E-state index is 0.0309. The normalized spacial score (nSPS) is 10.5. The van der Waals surface area contributed by atoms with Gasteiger partial charge in [-0.1, -0.05) is 12.2 Å². The Hall–Kier alpha value is -1.59. The van der Waals surface area contributed by atoms with Crippen molar-refractivity contribution in [2.75, 3.05) is 20.2 Å². The molecular formula is C11H20N2O4. The average Bonchev–Trinajstić information content (AvgIpc) is 2.29. The van der Waals surface area contributed by atoms with Crippen molar-refractivity contribution >= 4 is 5.91 Å². The molecule has 0 saturated carbocycles. The van der Waals surface area contributed by atoms with Crippen molar-refractivity contribution in [3.63, 3.8) is 0 Å². The third-order valence-electron chi connectivity index (χ3n) is 2.26. The van der Waals surface area contributed by atoms with Crippen molar-refractivity contribution < 1.29 is 14.7 Å². The number of hydrogen-bond acceptors (Lipinski definition) is 4. The standard InChI is InChI=1S/C11H20N2O4/c1-3-4-5-6-8-11(14)12(2)9-7-10-17-13(15)16/h3-4H,5-10H2,1-2H3/b4-3-. The molecule has 0 bridgehead atoms. The topological polar surface area (TPSA) is 72.7 Å². The Morgan fingerprint density at radius 2 is 2.18 bits per heavy atom. The van der Waals surface area contributed by atoms with E-state index in [1.807, 2.05) is 19.1 Å². The quantitative estimate of drug-likeness (QED) is 0.268. The molecule has 6 nitrogen and oxygen atoms in total. The number of hydrogen-bond donors (Lipinski definition) is 0. The van der Waals surface area contributed by atoms with Crippen molar-refractivity contribution in [1.29, 1.82) is 0 Å². The first-order valence-electron chi connectivity index (χ1n) is 5.70. The summed E-state index contributed by atoms with van der Waals surface area (Å²) < 4.78 is 0. The van der Waals surface area contributed by atoms with Crippen molar-refractivity contribution in [1.82, 2.24) is 4.90 Å². The third-order valence-corrected chi connectivity index (χ3v) is 2.26. The lowest BCUT2D eigenvalue weighted by Crippen LogP contribution is -2.28. The van der Waals surface area contributed by atoms with Crippen LogP contribution in [0.1, 0.15) is 32.6 Å². The van der Waals surface area contributed by atoms with E-state index in [0.717, 1.165) is 12.8 Å². The van der Waals surface area contributed by atoms with Gasteiger partial charge in [-0.15, -0.1) is 10.1 Å². The summed E-state index contributed by atoms with van der Waals surface area (Å²) in [6, 6.07) is 0. The third kappa shape index (κ3) is 9.35. The summed E-state index contributed by atoms with van der Waals surface area (Å²) in [4.78, 5) is 27.2. The Morgan fingerprint density at radius 1 is 1.47 bits per heavy atom. The molecule has 0 aliphatic heterocycles. The zero-order valence-corrected chi connectivity index (χ0v) is 10.4. The zero-order chi connectivity index (χ0) is 13.1. The van der Waals surface area contributed by atoms with E-state index in [-0.39, 0.29) is 12.5 Å². The second kappa shape index (κ2) is 9.62. The lowest BCUT2D eigenvalue weighted by atomic mass is 10.2. The molecule has 0 aromatic rings. The van der Waals surface area contributed by atoms with Crippen LogP contribution in [0.15, 0.2) is 12.2 Å². The Bertz CT molecular complexity index is 266. The molecule has 0 aromatic carbocycles. The first kappa shape index (κ1) is 15.4. The molecule has 6 heteroatoms. The van der Waals surface area contributed by atoms with Gasteiger partial charge in [-0.05, 0) is 26.2 Å². The molecule has 0 saturated heterocycles. The maximum atomic E-state index is 11.6. The molecular weight excluding hydrogens is 224 g/mol.